The van der Waals surface area contributed by atoms with Crippen molar-refractivity contribution in [3.05, 3.63) is 33.1 Å². The zero-order chi connectivity index (χ0) is 22.7. The Kier molecular flexibility index (Phi) is 7.35. The number of nitrogens with one attached hydrogen (secondary N) is 1. The number of fused-ring (bicyclic) bond motifs is 1. The normalized spacial score (nSPS) is 14.6. The van der Waals surface area contributed by atoms with Gasteiger partial charge in [0, 0.05) is 24.0 Å². The highest BCUT2D eigenvalue weighted by Crippen LogP contribution is 2.40. The number of nitrogens with two attached hydrogens (primary N) is 1. The fourth-order valence-corrected chi connectivity index (χ4v) is 5.27. The van der Waals surface area contributed by atoms with E-state index in [4.69, 9.17) is 33.7 Å². The Labute approximate surface area is 200 Å². The van der Waals surface area contributed by atoms with E-state index in [0.29, 0.717) is 55.3 Å². The maximum Gasteiger partial charge on any atom is 0.261 e. The average molecular weight is 494 g/mol. The molecule has 3 heterocycles. The summed E-state index contributed by atoms with van der Waals surface area (Å²) in [5.41, 5.74) is 7.14. The van der Waals surface area contributed by atoms with Crippen molar-refractivity contribution < 1.29 is 9.53 Å². The summed E-state index contributed by atoms with van der Waals surface area (Å²) in [5, 5.41) is 4.36. The molecule has 0 spiro atoms. The topological polar surface area (TPSA) is 93.4 Å². The third-order valence-electron chi connectivity index (χ3n) is 5.36. The van der Waals surface area contributed by atoms with Gasteiger partial charge in [0.1, 0.15) is 17.2 Å². The number of benzene rings is 1. The van der Waals surface area contributed by atoms with Crippen LogP contribution in [0.25, 0.3) is 21.5 Å². The third kappa shape index (κ3) is 5.09. The molecule has 10 heteroatoms. The zero-order valence-corrected chi connectivity index (χ0v) is 20.1. The van der Waals surface area contributed by atoms with Gasteiger partial charge >= 0.3 is 0 Å². The number of carbonyl (C=O) groups is 1. The van der Waals surface area contributed by atoms with Crippen LogP contribution in [0.2, 0.25) is 10.0 Å². The van der Waals surface area contributed by atoms with Crippen LogP contribution in [-0.4, -0.2) is 53.6 Å². The fourth-order valence-electron chi connectivity index (χ4n) is 3.79. The van der Waals surface area contributed by atoms with Crippen LogP contribution in [-0.2, 0) is 0 Å². The Bertz CT molecular complexity index is 1130. The van der Waals surface area contributed by atoms with Gasteiger partial charge in [0.2, 0.25) is 5.95 Å². The van der Waals surface area contributed by atoms with E-state index in [-0.39, 0.29) is 11.9 Å². The highest BCUT2D eigenvalue weighted by molar-refractivity contribution is 7.20. The van der Waals surface area contributed by atoms with E-state index in [9.17, 15) is 4.79 Å². The van der Waals surface area contributed by atoms with Crippen LogP contribution in [0, 0.1) is 0 Å². The highest BCUT2D eigenvalue weighted by Gasteiger charge is 2.19. The number of rotatable bonds is 7. The summed E-state index contributed by atoms with van der Waals surface area (Å²) in [6.07, 6.45) is 3.76. The van der Waals surface area contributed by atoms with Crippen molar-refractivity contribution in [2.75, 3.05) is 38.5 Å². The molecule has 1 amide bonds. The Hall–Kier alpha value is -2.13. The number of aromatic nitrogens is 2. The summed E-state index contributed by atoms with van der Waals surface area (Å²) in [7, 11) is 0. The molecule has 0 aliphatic carbocycles. The Morgan fingerprint density at radius 1 is 1.19 bits per heavy atom. The van der Waals surface area contributed by atoms with Gasteiger partial charge in [-0.15, -0.1) is 11.3 Å². The van der Waals surface area contributed by atoms with Gasteiger partial charge in [-0.1, -0.05) is 29.6 Å². The molecule has 3 aromatic rings. The van der Waals surface area contributed by atoms with Gasteiger partial charge in [0.15, 0.2) is 0 Å². The maximum absolute atomic E-state index is 12.3. The summed E-state index contributed by atoms with van der Waals surface area (Å²) >= 11 is 14.2. The largest absolute Gasteiger partial charge is 0.491 e. The van der Waals surface area contributed by atoms with E-state index in [1.54, 1.807) is 18.2 Å². The molecule has 0 bridgehead atoms. The molecular formula is C22H25Cl2N5O2S. The van der Waals surface area contributed by atoms with Gasteiger partial charge in [-0.05, 0) is 51.1 Å². The first-order valence-corrected chi connectivity index (χ1v) is 12.2. The van der Waals surface area contributed by atoms with Gasteiger partial charge in [-0.25, -0.2) is 9.97 Å². The van der Waals surface area contributed by atoms with Crippen LogP contribution >= 0.6 is 34.5 Å². The number of amides is 1. The molecule has 32 heavy (non-hydrogen) atoms. The fraction of sp³-hybridized carbons (Fsp3) is 0.409. The maximum atomic E-state index is 12.3. The quantitative estimate of drug-likeness (QED) is 0.487. The van der Waals surface area contributed by atoms with Gasteiger partial charge in [-0.3, -0.25) is 9.69 Å². The monoisotopic (exact) mass is 493 g/mol. The lowest BCUT2D eigenvalue weighted by Gasteiger charge is -2.26. The number of hydrogen-bond donors (Lipinski definition) is 2. The summed E-state index contributed by atoms with van der Waals surface area (Å²) in [4.78, 5) is 24.6. The van der Waals surface area contributed by atoms with E-state index in [1.165, 1.54) is 30.6 Å². The first-order chi connectivity index (χ1) is 15.5. The number of nitrogen functional groups attached to an aromatic ring is 1. The number of likely N-dealkylation sites (tertiary alicyclic amines) is 1. The van der Waals surface area contributed by atoms with Crippen molar-refractivity contribution in [1.29, 1.82) is 0 Å². The standard InChI is InChI=1S/C22H25Cl2N5O2S/c1-2-26-20(30)18-11-14-19(27-22(25)28-21(14)32-18)13-10-17(16(24)12-15(13)23)31-9-8-29-6-4-3-5-7-29/h10-12H,2-9H2,1H3,(H,26,30)(H2,25,27,28). The molecule has 0 unspecified atom stereocenters. The summed E-state index contributed by atoms with van der Waals surface area (Å²) in [6, 6.07) is 5.20. The van der Waals surface area contributed by atoms with Gasteiger partial charge in [-0.2, -0.15) is 0 Å². The lowest BCUT2D eigenvalue weighted by Crippen LogP contribution is -2.33. The summed E-state index contributed by atoms with van der Waals surface area (Å²) in [5.74, 6) is 0.479. The number of hydrogen-bond acceptors (Lipinski definition) is 7. The molecule has 1 aliphatic heterocycles. The molecule has 1 fully saturated rings. The molecule has 0 radical (unpaired) electrons. The van der Waals surface area contributed by atoms with Crippen LogP contribution in [0.3, 0.4) is 0 Å². The number of nitrogens with zero attached hydrogens (tertiary/aromatic N) is 3. The van der Waals surface area contributed by atoms with E-state index in [2.05, 4.69) is 20.2 Å². The van der Waals surface area contributed by atoms with Crippen LogP contribution in [0.5, 0.6) is 5.75 Å². The number of thiophene rings is 1. The molecule has 1 aliphatic rings. The van der Waals surface area contributed by atoms with Crippen LogP contribution < -0.4 is 15.8 Å². The lowest BCUT2D eigenvalue weighted by molar-refractivity contribution is 0.0960. The SMILES string of the molecule is CCNC(=O)c1cc2c(-c3cc(OCCN4CCCCC4)c(Cl)cc3Cl)nc(N)nc2s1. The minimum Gasteiger partial charge on any atom is -0.491 e. The third-order valence-corrected chi connectivity index (χ3v) is 7.00. The van der Waals surface area contributed by atoms with Crippen molar-refractivity contribution in [3.8, 4) is 17.0 Å². The second-order valence-electron chi connectivity index (χ2n) is 7.63. The van der Waals surface area contributed by atoms with Crippen LogP contribution in [0.1, 0.15) is 35.9 Å². The molecule has 1 aromatic carbocycles. The van der Waals surface area contributed by atoms with Crippen LogP contribution in [0.15, 0.2) is 18.2 Å². The molecule has 0 atom stereocenters. The Morgan fingerprint density at radius 2 is 1.97 bits per heavy atom. The zero-order valence-electron chi connectivity index (χ0n) is 17.8. The van der Waals surface area contributed by atoms with Gasteiger partial charge in [0.25, 0.3) is 5.91 Å². The van der Waals surface area contributed by atoms with Gasteiger partial charge < -0.3 is 15.8 Å². The van der Waals surface area contributed by atoms with E-state index in [1.807, 2.05) is 6.92 Å². The first-order valence-electron chi connectivity index (χ1n) is 10.7. The Balaban J connectivity index is 1.64. The van der Waals surface area contributed by atoms with E-state index < -0.39 is 0 Å². The number of carbonyl (C=O) groups excluding carboxylic acids is 1. The van der Waals surface area contributed by atoms with Crippen molar-refractivity contribution >= 4 is 56.6 Å². The smallest absolute Gasteiger partial charge is 0.261 e. The summed E-state index contributed by atoms with van der Waals surface area (Å²) in [6.45, 7) is 5.99. The predicted molar refractivity (Wildman–Crippen MR) is 131 cm³/mol. The first kappa shape index (κ1) is 23.0. The van der Waals surface area contributed by atoms with Crippen molar-refractivity contribution in [2.24, 2.45) is 0 Å². The Morgan fingerprint density at radius 3 is 2.72 bits per heavy atom. The number of piperidine rings is 1. The molecule has 1 saturated heterocycles. The van der Waals surface area contributed by atoms with E-state index in [0.717, 1.165) is 19.6 Å². The molecular weight excluding hydrogens is 469 g/mol. The minimum absolute atomic E-state index is 0.107. The second-order valence-corrected chi connectivity index (χ2v) is 9.48. The molecule has 4 rings (SSSR count). The minimum atomic E-state index is -0.163. The molecule has 7 nitrogen and oxygen atoms in total. The molecule has 0 saturated carbocycles. The number of halogens is 2. The van der Waals surface area contributed by atoms with E-state index >= 15 is 0 Å². The van der Waals surface area contributed by atoms with Crippen LogP contribution in [0.4, 0.5) is 5.95 Å². The van der Waals surface area contributed by atoms with Gasteiger partial charge in [0.05, 0.1) is 20.6 Å². The second kappa shape index (κ2) is 10.2. The number of ether oxygens (including phenoxy) is 1. The average Bonchev–Trinajstić information content (AvgIpc) is 3.20. The predicted octanol–water partition coefficient (Wildman–Crippen LogP) is 4.86. The highest BCUT2D eigenvalue weighted by atomic mass is 35.5. The van der Waals surface area contributed by atoms with Crippen molar-refractivity contribution in [1.82, 2.24) is 20.2 Å². The van der Waals surface area contributed by atoms with Crippen molar-refractivity contribution in [2.45, 2.75) is 26.2 Å². The van der Waals surface area contributed by atoms with Crippen molar-refractivity contribution in [3.63, 3.8) is 0 Å². The lowest BCUT2D eigenvalue weighted by atomic mass is 10.1. The summed E-state index contributed by atoms with van der Waals surface area (Å²) < 4.78 is 6.01. The molecule has 2 aromatic heterocycles. The molecule has 170 valence electrons. The number of anilines is 1. The molecule has 3 N–H and O–H groups in total.